The number of imidazole rings is 1. The van der Waals surface area contributed by atoms with Gasteiger partial charge < -0.3 is 21.4 Å². The van der Waals surface area contributed by atoms with Crippen LogP contribution in [-0.4, -0.2) is 33.7 Å². The first-order valence-corrected chi connectivity index (χ1v) is 17.3. The Kier molecular flexibility index (Phi) is 18.8. The molecule has 0 aliphatic carbocycles. The molecule has 0 saturated heterocycles. The summed E-state index contributed by atoms with van der Waals surface area (Å²) in [6, 6.07) is 12.3. The van der Waals surface area contributed by atoms with E-state index in [1.54, 1.807) is 37.4 Å². The van der Waals surface area contributed by atoms with Gasteiger partial charge in [0.15, 0.2) is 0 Å². The highest BCUT2D eigenvalue weighted by Gasteiger charge is 2.09. The van der Waals surface area contributed by atoms with E-state index in [-0.39, 0.29) is 29.7 Å². The normalized spacial score (nSPS) is 10.8. The molecule has 9 heteroatoms. The van der Waals surface area contributed by atoms with Crippen LogP contribution in [0.5, 0.6) is 0 Å². The number of H-pyrrole nitrogens is 1. The maximum atomic E-state index is 12.0. The highest BCUT2D eigenvalue weighted by Crippen LogP contribution is 2.17. The van der Waals surface area contributed by atoms with Crippen molar-refractivity contribution in [3.8, 4) is 0 Å². The van der Waals surface area contributed by atoms with Crippen LogP contribution in [0.25, 0.3) is 11.0 Å². The van der Waals surface area contributed by atoms with Crippen molar-refractivity contribution in [3.05, 3.63) is 58.5 Å². The number of aryl methyl sites for hydroxylation is 1. The summed E-state index contributed by atoms with van der Waals surface area (Å²) in [6.45, 7) is 4.38. The number of carbonyl (C=O) groups excluding carboxylic acids is 3. The molecule has 0 aliphatic rings. The van der Waals surface area contributed by atoms with Gasteiger partial charge in [0.1, 0.15) is 5.78 Å². The number of amides is 2. The fraction of sp³-hybridized carbons (Fsp3) is 0.568. The predicted molar refractivity (Wildman–Crippen MR) is 190 cm³/mol. The minimum atomic E-state index is -0.361. The number of rotatable bonds is 21. The van der Waals surface area contributed by atoms with Gasteiger partial charge in [-0.3, -0.25) is 19.0 Å². The number of para-hydroxylation sites is 1. The minimum absolute atomic E-state index is 0.0564. The maximum Gasteiger partial charge on any atom is 0.326 e. The van der Waals surface area contributed by atoms with Crippen LogP contribution in [0.3, 0.4) is 0 Å². The van der Waals surface area contributed by atoms with E-state index in [1.165, 1.54) is 108 Å². The van der Waals surface area contributed by atoms with Crippen LogP contribution in [-0.2, 0) is 16.6 Å². The molecule has 3 rings (SSSR count). The summed E-state index contributed by atoms with van der Waals surface area (Å²) in [5.74, 6) is -0.610. The molecular formula is C37H57N5O4. The number of nitrogens with two attached hydrogens (primary N) is 1. The van der Waals surface area contributed by atoms with Gasteiger partial charge in [-0.2, -0.15) is 0 Å². The molecule has 0 spiro atoms. The van der Waals surface area contributed by atoms with Crippen molar-refractivity contribution in [2.45, 2.75) is 123 Å². The number of hydrogen-bond acceptors (Lipinski definition) is 5. The van der Waals surface area contributed by atoms with Crippen LogP contribution in [0, 0.1) is 0 Å². The summed E-state index contributed by atoms with van der Waals surface area (Å²) in [7, 11) is 1.66. The van der Waals surface area contributed by atoms with Crippen molar-refractivity contribution in [2.75, 3.05) is 17.6 Å². The molecule has 0 fully saturated rings. The molecule has 0 radical (unpaired) electrons. The Hall–Kier alpha value is -3.88. The standard InChI is InChI=1S/C25H44N2O.C12H13N3O3/c1-2-3-4-5-6-7-8-9-10-11-12-13-14-15-16-19-22-27-25(28)23-20-17-18-21-24(23)26;1-7(16)5-11(17)13-8-3-4-10-9(6-8)14-12(18)15(10)2/h17-18,20-21H,2-16,19,22,26H2,1H3,(H,27,28);3-4,6H,5H2,1-2H3,(H,13,17)(H,14,18). The van der Waals surface area contributed by atoms with Gasteiger partial charge >= 0.3 is 5.69 Å². The van der Waals surface area contributed by atoms with Crippen molar-refractivity contribution >= 4 is 40.0 Å². The van der Waals surface area contributed by atoms with E-state index in [0.717, 1.165) is 18.5 Å². The van der Waals surface area contributed by atoms with Gasteiger partial charge in [0, 0.05) is 25.0 Å². The fourth-order valence-corrected chi connectivity index (χ4v) is 5.42. The summed E-state index contributed by atoms with van der Waals surface area (Å²) >= 11 is 0. The summed E-state index contributed by atoms with van der Waals surface area (Å²) in [6.07, 6.45) is 21.7. The smallest absolute Gasteiger partial charge is 0.326 e. The number of benzene rings is 2. The molecule has 3 aromatic rings. The number of nitrogens with zero attached hydrogens (tertiary/aromatic N) is 1. The average Bonchev–Trinajstić information content (AvgIpc) is 3.30. The number of nitrogens with one attached hydrogen (secondary N) is 3. The van der Waals surface area contributed by atoms with Crippen LogP contribution >= 0.6 is 0 Å². The predicted octanol–water partition coefficient (Wildman–Crippen LogP) is 8.04. The van der Waals surface area contributed by atoms with Crippen molar-refractivity contribution in [1.82, 2.24) is 14.9 Å². The van der Waals surface area contributed by atoms with Crippen molar-refractivity contribution in [3.63, 3.8) is 0 Å². The zero-order valence-electron chi connectivity index (χ0n) is 28.4. The number of aromatic nitrogens is 2. The van der Waals surface area contributed by atoms with E-state index < -0.39 is 0 Å². The third kappa shape index (κ3) is 15.4. The van der Waals surface area contributed by atoms with Crippen LogP contribution in [0.15, 0.2) is 47.3 Å². The third-order valence-corrected chi connectivity index (χ3v) is 8.12. The number of fused-ring (bicyclic) bond motifs is 1. The second-order valence-corrected chi connectivity index (χ2v) is 12.3. The van der Waals surface area contributed by atoms with E-state index in [0.29, 0.717) is 22.5 Å². The quantitative estimate of drug-likeness (QED) is 0.0533. The summed E-state index contributed by atoms with van der Waals surface area (Å²) in [4.78, 5) is 48.3. The lowest BCUT2D eigenvalue weighted by Gasteiger charge is -2.07. The SMILES string of the molecule is CC(=O)CC(=O)Nc1ccc2c(c1)[nH]c(=O)n2C.CCCCCCCCCCCCCCCCCCNC(=O)c1ccccc1N. The first-order chi connectivity index (χ1) is 22.2. The maximum absolute atomic E-state index is 12.0. The van der Waals surface area contributed by atoms with Gasteiger partial charge in [-0.25, -0.2) is 4.79 Å². The first-order valence-electron chi connectivity index (χ1n) is 17.3. The largest absolute Gasteiger partial charge is 0.398 e. The average molecular weight is 636 g/mol. The van der Waals surface area contributed by atoms with E-state index in [9.17, 15) is 19.2 Å². The summed E-state index contributed by atoms with van der Waals surface area (Å²) in [5.41, 5.74) is 8.69. The molecule has 2 aromatic carbocycles. The van der Waals surface area contributed by atoms with Gasteiger partial charge in [0.05, 0.1) is 23.0 Å². The van der Waals surface area contributed by atoms with E-state index >= 15 is 0 Å². The Morgan fingerprint density at radius 3 is 1.87 bits per heavy atom. The summed E-state index contributed by atoms with van der Waals surface area (Å²) in [5, 5.41) is 5.57. The Morgan fingerprint density at radius 1 is 0.783 bits per heavy atom. The van der Waals surface area contributed by atoms with Crippen LogP contribution < -0.4 is 22.1 Å². The second kappa shape index (κ2) is 22.6. The Bertz CT molecular complexity index is 1390. The van der Waals surface area contributed by atoms with Crippen molar-refractivity contribution in [2.24, 2.45) is 7.05 Å². The molecule has 0 bridgehead atoms. The molecule has 0 unspecified atom stereocenters. The number of unbranched alkanes of at least 4 members (excludes halogenated alkanes) is 15. The number of nitrogen functional groups attached to an aromatic ring is 1. The molecule has 2 amide bonds. The Morgan fingerprint density at radius 2 is 1.33 bits per heavy atom. The molecule has 0 saturated carbocycles. The first kappa shape index (κ1) is 38.3. The molecule has 46 heavy (non-hydrogen) atoms. The molecular weight excluding hydrogens is 578 g/mol. The van der Waals surface area contributed by atoms with Crippen LogP contribution in [0.4, 0.5) is 11.4 Å². The molecule has 1 aromatic heterocycles. The van der Waals surface area contributed by atoms with E-state index in [2.05, 4.69) is 22.5 Å². The number of ketones is 1. The van der Waals surface area contributed by atoms with Crippen molar-refractivity contribution in [1.29, 1.82) is 0 Å². The lowest BCUT2D eigenvalue weighted by molar-refractivity contribution is -0.124. The van der Waals surface area contributed by atoms with Crippen LogP contribution in [0.1, 0.15) is 133 Å². The molecule has 9 nitrogen and oxygen atoms in total. The molecule has 0 aliphatic heterocycles. The van der Waals surface area contributed by atoms with Gasteiger partial charge in [0.25, 0.3) is 5.91 Å². The Balaban J connectivity index is 0.000000350. The molecule has 0 atom stereocenters. The number of Topliss-reactive ketones (excluding diaryl/α,β-unsaturated/α-hetero) is 1. The van der Waals surface area contributed by atoms with Crippen LogP contribution in [0.2, 0.25) is 0 Å². The third-order valence-electron chi connectivity index (χ3n) is 8.12. The van der Waals surface area contributed by atoms with E-state index in [1.807, 2.05) is 12.1 Å². The number of hydrogen-bond donors (Lipinski definition) is 4. The molecule has 5 N–H and O–H groups in total. The monoisotopic (exact) mass is 635 g/mol. The summed E-state index contributed by atoms with van der Waals surface area (Å²) < 4.78 is 1.48. The minimum Gasteiger partial charge on any atom is -0.398 e. The lowest BCUT2D eigenvalue weighted by atomic mass is 10.0. The van der Waals surface area contributed by atoms with E-state index in [4.69, 9.17) is 5.73 Å². The highest BCUT2D eigenvalue weighted by atomic mass is 16.2. The number of anilines is 2. The lowest BCUT2D eigenvalue weighted by Crippen LogP contribution is -2.25. The van der Waals surface area contributed by atoms with Crippen molar-refractivity contribution < 1.29 is 14.4 Å². The van der Waals surface area contributed by atoms with Gasteiger partial charge in [0.2, 0.25) is 5.91 Å². The van der Waals surface area contributed by atoms with Gasteiger partial charge in [-0.15, -0.1) is 0 Å². The van der Waals surface area contributed by atoms with Gasteiger partial charge in [-0.1, -0.05) is 115 Å². The number of aromatic amines is 1. The number of carbonyl (C=O) groups is 3. The zero-order valence-corrected chi connectivity index (χ0v) is 28.4. The molecule has 1 heterocycles. The molecule has 254 valence electrons. The topological polar surface area (TPSA) is 139 Å². The van der Waals surface area contributed by atoms with Gasteiger partial charge in [-0.05, 0) is 43.7 Å². The zero-order chi connectivity index (χ0) is 33.6. The fourth-order valence-electron chi connectivity index (χ4n) is 5.42. The highest BCUT2D eigenvalue weighted by molar-refractivity contribution is 6.04. The second-order valence-electron chi connectivity index (χ2n) is 12.3. The Labute approximate surface area is 275 Å².